The minimum absolute atomic E-state index is 0. The summed E-state index contributed by atoms with van der Waals surface area (Å²) in [5.74, 6) is 1.67. The van der Waals surface area contributed by atoms with Crippen LogP contribution in [0.1, 0.15) is 133 Å². The van der Waals surface area contributed by atoms with Crippen molar-refractivity contribution < 1.29 is 9.53 Å². The Balaban J connectivity index is 0.00000616. The average Bonchev–Trinajstić information content (AvgIpc) is 3.35. The van der Waals surface area contributed by atoms with Gasteiger partial charge in [-0.1, -0.05) is 123 Å². The summed E-state index contributed by atoms with van der Waals surface area (Å²) >= 11 is 1.81. The second kappa shape index (κ2) is 19.4. The Labute approximate surface area is 271 Å². The standard InChI is InChI=1S/C36H54N2O2S.BrH/c1-6-7-8-9-10-11-12-13-14-15-16-17-24-40-34-32(36(3,4)5)22-19-23-33(34)37-35(39)31-21-18-20-30(25-31)26-38-28-41-27-29(38)2;/h18-23,25,27H,6-17,24,26,28H2,1-5H3,(H,37,39);1H. The third-order valence-corrected chi connectivity index (χ3v) is 8.83. The van der Waals surface area contributed by atoms with Crippen molar-refractivity contribution in [1.29, 1.82) is 0 Å². The number of rotatable bonds is 18. The van der Waals surface area contributed by atoms with E-state index >= 15 is 0 Å². The van der Waals surface area contributed by atoms with E-state index in [-0.39, 0.29) is 28.3 Å². The quantitative estimate of drug-likeness (QED) is 0.162. The number of anilines is 1. The summed E-state index contributed by atoms with van der Waals surface area (Å²) in [5, 5.41) is 5.36. The summed E-state index contributed by atoms with van der Waals surface area (Å²) in [4.78, 5) is 15.7. The summed E-state index contributed by atoms with van der Waals surface area (Å²) in [6.45, 7) is 12.5. The van der Waals surface area contributed by atoms with Gasteiger partial charge in [-0.3, -0.25) is 4.79 Å². The molecule has 0 bridgehead atoms. The predicted octanol–water partition coefficient (Wildman–Crippen LogP) is 11.3. The lowest BCUT2D eigenvalue weighted by Gasteiger charge is -2.25. The number of thioether (sulfide) groups is 1. The van der Waals surface area contributed by atoms with Crippen molar-refractivity contribution in [2.24, 2.45) is 0 Å². The smallest absolute Gasteiger partial charge is 0.255 e. The van der Waals surface area contributed by atoms with Crippen LogP contribution in [0.3, 0.4) is 0 Å². The fraction of sp³-hybridized carbons (Fsp3) is 0.583. The van der Waals surface area contributed by atoms with Crippen molar-refractivity contribution in [3.63, 3.8) is 0 Å². The second-order valence-corrected chi connectivity index (χ2v) is 13.4. The van der Waals surface area contributed by atoms with Crippen LogP contribution < -0.4 is 10.1 Å². The van der Waals surface area contributed by atoms with Gasteiger partial charge in [-0.25, -0.2) is 0 Å². The van der Waals surface area contributed by atoms with E-state index in [9.17, 15) is 4.79 Å². The van der Waals surface area contributed by atoms with Gasteiger partial charge in [0.05, 0.1) is 18.2 Å². The molecule has 0 radical (unpaired) electrons. The van der Waals surface area contributed by atoms with Crippen molar-refractivity contribution in [2.75, 3.05) is 17.8 Å². The van der Waals surface area contributed by atoms with Gasteiger partial charge >= 0.3 is 0 Å². The first kappa shape index (κ1) is 36.3. The molecule has 1 heterocycles. The lowest BCUT2D eigenvalue weighted by molar-refractivity contribution is 0.102. The zero-order valence-electron chi connectivity index (χ0n) is 26.8. The van der Waals surface area contributed by atoms with Crippen LogP contribution in [0.2, 0.25) is 0 Å². The molecule has 1 N–H and O–H groups in total. The molecule has 0 saturated carbocycles. The van der Waals surface area contributed by atoms with Gasteiger partial charge in [0.15, 0.2) is 0 Å². The molecule has 1 aliphatic rings. The lowest BCUT2D eigenvalue weighted by Crippen LogP contribution is -2.19. The van der Waals surface area contributed by atoms with E-state index in [2.05, 4.69) is 62.4 Å². The maximum Gasteiger partial charge on any atom is 0.255 e. The number of allylic oxidation sites excluding steroid dienone is 1. The van der Waals surface area contributed by atoms with Gasteiger partial charge in [0.2, 0.25) is 0 Å². The van der Waals surface area contributed by atoms with Crippen molar-refractivity contribution in [1.82, 2.24) is 4.90 Å². The number of nitrogens with zero attached hydrogens (tertiary/aromatic N) is 1. The van der Waals surface area contributed by atoms with Crippen LogP contribution in [0.25, 0.3) is 0 Å². The fourth-order valence-corrected chi connectivity index (χ4v) is 6.26. The van der Waals surface area contributed by atoms with Crippen molar-refractivity contribution in [3.8, 4) is 5.75 Å². The van der Waals surface area contributed by atoms with E-state index in [0.29, 0.717) is 12.2 Å². The highest BCUT2D eigenvalue weighted by Crippen LogP contribution is 2.37. The molecule has 2 aromatic carbocycles. The number of halogens is 1. The van der Waals surface area contributed by atoms with E-state index in [1.165, 1.54) is 76.3 Å². The van der Waals surface area contributed by atoms with Crippen LogP contribution in [0.5, 0.6) is 5.75 Å². The molecule has 4 nitrogen and oxygen atoms in total. The highest BCUT2D eigenvalue weighted by molar-refractivity contribution is 8.93. The molecule has 234 valence electrons. The molecule has 1 aliphatic heterocycles. The highest BCUT2D eigenvalue weighted by atomic mass is 79.9. The number of hydrogen-bond acceptors (Lipinski definition) is 4. The van der Waals surface area contributed by atoms with Gasteiger partial charge < -0.3 is 15.0 Å². The summed E-state index contributed by atoms with van der Waals surface area (Å²) in [5.41, 5.74) is 4.87. The number of carbonyl (C=O) groups is 1. The van der Waals surface area contributed by atoms with Crippen LogP contribution in [-0.4, -0.2) is 23.3 Å². The summed E-state index contributed by atoms with van der Waals surface area (Å²) < 4.78 is 6.42. The number of hydrogen-bond donors (Lipinski definition) is 1. The van der Waals surface area contributed by atoms with Crippen LogP contribution in [0.4, 0.5) is 5.69 Å². The van der Waals surface area contributed by atoms with Gasteiger partial charge in [-0.2, -0.15) is 0 Å². The van der Waals surface area contributed by atoms with Crippen molar-refractivity contribution in [2.45, 2.75) is 124 Å². The maximum absolute atomic E-state index is 13.4. The molecule has 0 aromatic heterocycles. The third kappa shape index (κ3) is 12.4. The average molecular weight is 660 g/mol. The monoisotopic (exact) mass is 658 g/mol. The Morgan fingerprint density at radius 1 is 0.905 bits per heavy atom. The zero-order valence-corrected chi connectivity index (χ0v) is 29.3. The summed E-state index contributed by atoms with van der Waals surface area (Å²) in [7, 11) is 0. The van der Waals surface area contributed by atoms with Gasteiger partial charge in [-0.05, 0) is 47.9 Å². The number of benzene rings is 2. The fourth-order valence-electron chi connectivity index (χ4n) is 5.32. The molecule has 1 amide bonds. The molecule has 6 heteroatoms. The normalized spacial score (nSPS) is 13.1. The topological polar surface area (TPSA) is 41.6 Å². The zero-order chi connectivity index (χ0) is 29.5. The Bertz CT molecular complexity index is 1110. The Kier molecular flexibility index (Phi) is 16.7. The first-order valence-corrected chi connectivity index (χ1v) is 17.0. The van der Waals surface area contributed by atoms with Gasteiger partial charge in [-0.15, -0.1) is 28.7 Å². The molecule has 0 spiro atoms. The molecular formula is C36H55BrN2O2S. The van der Waals surface area contributed by atoms with E-state index in [1.807, 2.05) is 42.1 Å². The summed E-state index contributed by atoms with van der Waals surface area (Å²) in [6, 6.07) is 14.1. The molecule has 2 aromatic rings. The number of nitrogens with one attached hydrogen (secondary N) is 1. The van der Waals surface area contributed by atoms with Gasteiger partial charge in [0.1, 0.15) is 5.75 Å². The molecular weight excluding hydrogens is 604 g/mol. The number of ether oxygens (including phenoxy) is 1. The van der Waals surface area contributed by atoms with Crippen molar-refractivity contribution >= 4 is 40.3 Å². The number of unbranched alkanes of at least 4 members (excludes halogenated alkanes) is 11. The van der Waals surface area contributed by atoms with E-state index in [4.69, 9.17) is 4.74 Å². The van der Waals surface area contributed by atoms with Gasteiger partial charge in [0.25, 0.3) is 5.91 Å². The Morgan fingerprint density at radius 2 is 1.52 bits per heavy atom. The molecule has 0 aliphatic carbocycles. The molecule has 3 rings (SSSR count). The van der Waals surface area contributed by atoms with E-state index < -0.39 is 0 Å². The van der Waals surface area contributed by atoms with E-state index in [1.54, 1.807) is 0 Å². The first-order valence-electron chi connectivity index (χ1n) is 16.0. The summed E-state index contributed by atoms with van der Waals surface area (Å²) in [6.07, 6.45) is 15.9. The van der Waals surface area contributed by atoms with Crippen molar-refractivity contribution in [3.05, 3.63) is 70.3 Å². The largest absolute Gasteiger partial charge is 0.491 e. The Hall–Kier alpha value is -1.92. The van der Waals surface area contributed by atoms with E-state index in [0.717, 1.165) is 41.4 Å². The van der Waals surface area contributed by atoms with Crippen LogP contribution in [-0.2, 0) is 12.0 Å². The number of carbonyl (C=O) groups excluding carboxylic acids is 1. The predicted molar refractivity (Wildman–Crippen MR) is 188 cm³/mol. The number of amides is 1. The lowest BCUT2D eigenvalue weighted by atomic mass is 9.86. The molecule has 0 fully saturated rings. The molecule has 0 saturated heterocycles. The van der Waals surface area contributed by atoms with Crippen LogP contribution >= 0.6 is 28.7 Å². The molecule has 0 unspecified atom stereocenters. The van der Waals surface area contributed by atoms with Crippen LogP contribution in [0.15, 0.2) is 53.6 Å². The number of para-hydroxylation sites is 1. The highest BCUT2D eigenvalue weighted by Gasteiger charge is 2.23. The second-order valence-electron chi connectivity index (χ2n) is 12.6. The SMILES string of the molecule is Br.CCCCCCCCCCCCCCOc1c(NC(=O)c2cccc(CN3CSC=C3C)c2)cccc1C(C)(C)C. The Morgan fingerprint density at radius 3 is 2.12 bits per heavy atom. The minimum Gasteiger partial charge on any atom is -0.491 e. The molecule has 0 atom stereocenters. The van der Waals surface area contributed by atoms with Gasteiger partial charge in [0, 0.05) is 23.4 Å². The third-order valence-electron chi connectivity index (χ3n) is 7.86. The first-order chi connectivity index (χ1) is 19.8. The molecule has 42 heavy (non-hydrogen) atoms. The van der Waals surface area contributed by atoms with Crippen LogP contribution in [0, 0.1) is 0 Å². The maximum atomic E-state index is 13.4. The minimum atomic E-state index is -0.101.